The zero-order valence-electron chi connectivity index (χ0n) is 16.9. The summed E-state index contributed by atoms with van der Waals surface area (Å²) < 4.78 is 90.9. The maximum atomic E-state index is 14.2. The molecule has 0 saturated carbocycles. The Morgan fingerprint density at radius 2 is 1.61 bits per heavy atom. The minimum Gasteiger partial charge on any atom is -0.345 e. The zero-order chi connectivity index (χ0) is 23.9. The largest absolute Gasteiger partial charge is 0.416 e. The molecule has 4 nitrogen and oxygen atoms in total. The first-order chi connectivity index (χ1) is 15.6. The van der Waals surface area contributed by atoms with E-state index in [-0.39, 0.29) is 23.7 Å². The van der Waals surface area contributed by atoms with E-state index in [0.29, 0.717) is 6.07 Å². The molecule has 174 valence electrons. The lowest BCUT2D eigenvalue weighted by Crippen LogP contribution is -2.55. The van der Waals surface area contributed by atoms with Crippen molar-refractivity contribution < 1.29 is 30.7 Å². The van der Waals surface area contributed by atoms with Crippen LogP contribution in [0.4, 0.5) is 17.6 Å². The van der Waals surface area contributed by atoms with Gasteiger partial charge in [0.25, 0.3) is 0 Å². The molecule has 1 N–H and O–H groups in total. The van der Waals surface area contributed by atoms with Crippen LogP contribution in [0.25, 0.3) is 0 Å². The zero-order valence-corrected chi connectivity index (χ0v) is 18.5. The van der Waals surface area contributed by atoms with Crippen molar-refractivity contribution in [1.29, 1.82) is 0 Å². The summed E-state index contributed by atoms with van der Waals surface area (Å²) in [5.41, 5.74) is -1.96. The Labute approximate surface area is 193 Å². The van der Waals surface area contributed by atoms with Gasteiger partial charge < -0.3 is 10.1 Å². The first kappa shape index (κ1) is 23.7. The minimum atomic E-state index is -4.95. The van der Waals surface area contributed by atoms with Crippen LogP contribution >= 0.6 is 11.6 Å². The quantitative estimate of drug-likeness (QED) is 0.476. The smallest absolute Gasteiger partial charge is 0.345 e. The molecule has 3 aromatic carbocycles. The fourth-order valence-corrected chi connectivity index (χ4v) is 5.93. The molecular weight excluding hydrogens is 482 g/mol. The van der Waals surface area contributed by atoms with Crippen LogP contribution < -0.4 is 5.32 Å². The van der Waals surface area contributed by atoms with Crippen LogP contribution in [-0.2, 0) is 25.7 Å². The van der Waals surface area contributed by atoms with Gasteiger partial charge >= 0.3 is 6.18 Å². The number of ether oxygens (including phenoxy) is 1. The van der Waals surface area contributed by atoms with Gasteiger partial charge in [0.1, 0.15) is 5.82 Å². The number of halogens is 5. The molecular formula is C23H18ClF4NO3S. The fourth-order valence-electron chi connectivity index (χ4n) is 3.73. The van der Waals surface area contributed by atoms with E-state index >= 15 is 0 Å². The van der Waals surface area contributed by atoms with Crippen LogP contribution in [-0.4, -0.2) is 27.6 Å². The average molecular weight is 500 g/mol. The first-order valence-electron chi connectivity index (χ1n) is 9.87. The van der Waals surface area contributed by atoms with Crippen molar-refractivity contribution in [3.63, 3.8) is 0 Å². The molecule has 0 bridgehead atoms. The Morgan fingerprint density at radius 1 is 0.909 bits per heavy atom. The minimum absolute atomic E-state index is 0.0472. The van der Waals surface area contributed by atoms with E-state index in [1.54, 1.807) is 6.07 Å². The Hall–Kier alpha value is -2.46. The van der Waals surface area contributed by atoms with Gasteiger partial charge in [-0.1, -0.05) is 54.1 Å². The van der Waals surface area contributed by atoms with Crippen molar-refractivity contribution in [2.75, 3.05) is 13.1 Å². The Morgan fingerprint density at radius 3 is 2.18 bits per heavy atom. The van der Waals surface area contributed by atoms with Gasteiger partial charge in [0.15, 0.2) is 0 Å². The second-order valence-electron chi connectivity index (χ2n) is 7.53. The van der Waals surface area contributed by atoms with Crippen LogP contribution in [0.1, 0.15) is 16.7 Å². The second kappa shape index (κ2) is 8.72. The molecule has 33 heavy (non-hydrogen) atoms. The fraction of sp³-hybridized carbons (Fsp3) is 0.217. The molecule has 1 heterocycles. The highest BCUT2D eigenvalue weighted by Gasteiger charge is 2.55. The van der Waals surface area contributed by atoms with Crippen molar-refractivity contribution in [3.05, 3.63) is 100 Å². The number of sulfone groups is 1. The predicted molar refractivity (Wildman–Crippen MR) is 115 cm³/mol. The predicted octanol–water partition coefficient (Wildman–Crippen LogP) is 5.16. The average Bonchev–Trinajstić information content (AvgIpc) is 2.73. The van der Waals surface area contributed by atoms with Gasteiger partial charge in [-0.25, -0.2) is 12.8 Å². The van der Waals surface area contributed by atoms with Gasteiger partial charge in [0.05, 0.1) is 16.6 Å². The Balaban J connectivity index is 2.13. The van der Waals surface area contributed by atoms with Gasteiger partial charge in [-0.3, -0.25) is 0 Å². The topological polar surface area (TPSA) is 55.4 Å². The lowest BCUT2D eigenvalue weighted by atomic mass is 9.95. The number of benzene rings is 3. The van der Waals surface area contributed by atoms with Gasteiger partial charge in [-0.05, 0) is 30.3 Å². The third-order valence-electron chi connectivity index (χ3n) is 5.36. The van der Waals surface area contributed by atoms with E-state index in [1.807, 2.05) is 0 Å². The molecule has 10 heteroatoms. The summed E-state index contributed by atoms with van der Waals surface area (Å²) in [6.07, 6.45) is -5.65. The summed E-state index contributed by atoms with van der Waals surface area (Å²) in [7, 11) is -4.79. The molecule has 0 radical (unpaired) electrons. The molecule has 1 fully saturated rings. The van der Waals surface area contributed by atoms with E-state index < -0.39 is 48.9 Å². The summed E-state index contributed by atoms with van der Waals surface area (Å²) in [6, 6.07) is 14.3. The van der Waals surface area contributed by atoms with Crippen LogP contribution in [0.2, 0.25) is 5.02 Å². The monoisotopic (exact) mass is 499 g/mol. The summed E-state index contributed by atoms with van der Waals surface area (Å²) in [5.74, 6) is -0.851. The molecule has 0 aromatic heterocycles. The van der Waals surface area contributed by atoms with E-state index in [0.717, 1.165) is 24.3 Å². The molecule has 1 aliphatic heterocycles. The molecule has 1 unspecified atom stereocenters. The van der Waals surface area contributed by atoms with Crippen LogP contribution in [0.5, 0.6) is 0 Å². The molecule has 1 atom stereocenters. The normalized spacial score (nSPS) is 16.8. The maximum absolute atomic E-state index is 14.2. The molecule has 0 amide bonds. The van der Waals surface area contributed by atoms with Crippen molar-refractivity contribution in [2.45, 2.75) is 22.1 Å². The summed E-state index contributed by atoms with van der Waals surface area (Å²) in [5, 5.41) is 2.70. The first-order valence-corrected chi connectivity index (χ1v) is 11.7. The summed E-state index contributed by atoms with van der Waals surface area (Å²) >= 11 is 5.87. The van der Waals surface area contributed by atoms with Gasteiger partial charge in [0, 0.05) is 29.2 Å². The molecule has 0 aliphatic carbocycles. The van der Waals surface area contributed by atoms with Crippen molar-refractivity contribution in [3.8, 4) is 0 Å². The van der Waals surface area contributed by atoms with E-state index in [1.165, 1.54) is 36.4 Å². The third kappa shape index (κ3) is 4.26. The Kier molecular flexibility index (Phi) is 6.26. The summed E-state index contributed by atoms with van der Waals surface area (Å²) in [4.78, 5) is -3.13. The number of alkyl halides is 3. The molecule has 1 saturated heterocycles. The van der Waals surface area contributed by atoms with Gasteiger partial charge in [0.2, 0.25) is 14.8 Å². The van der Waals surface area contributed by atoms with E-state index in [9.17, 15) is 26.0 Å². The lowest BCUT2D eigenvalue weighted by molar-refractivity contribution is -0.140. The second-order valence-corrected chi connectivity index (χ2v) is 10.0. The van der Waals surface area contributed by atoms with Gasteiger partial charge in [-0.2, -0.15) is 13.2 Å². The van der Waals surface area contributed by atoms with E-state index in [4.69, 9.17) is 16.3 Å². The lowest BCUT2D eigenvalue weighted by Gasteiger charge is -2.41. The molecule has 1 aliphatic rings. The van der Waals surface area contributed by atoms with Crippen molar-refractivity contribution in [1.82, 2.24) is 5.32 Å². The maximum Gasteiger partial charge on any atom is 0.416 e. The Bertz CT molecular complexity index is 1260. The van der Waals surface area contributed by atoms with E-state index in [2.05, 4.69) is 5.32 Å². The molecule has 0 spiro atoms. The van der Waals surface area contributed by atoms with Crippen LogP contribution in [0.15, 0.2) is 77.7 Å². The highest BCUT2D eigenvalue weighted by molar-refractivity contribution is 7.92. The number of hydrogen-bond donors (Lipinski definition) is 1. The highest BCUT2D eigenvalue weighted by atomic mass is 35.5. The number of hydrogen-bond acceptors (Lipinski definition) is 4. The highest BCUT2D eigenvalue weighted by Crippen LogP contribution is 2.49. The third-order valence-corrected chi connectivity index (χ3v) is 7.78. The van der Waals surface area contributed by atoms with Crippen LogP contribution in [0.3, 0.4) is 0 Å². The molecule has 4 rings (SSSR count). The number of rotatable bonds is 6. The van der Waals surface area contributed by atoms with Crippen molar-refractivity contribution in [2.24, 2.45) is 0 Å². The summed E-state index contributed by atoms with van der Waals surface area (Å²) in [6.45, 7) is 0.477. The SMILES string of the molecule is O=S(=O)(c1cccc(F)c1)C(OC1CNC1)(c1ccccc1)c1ccc(Cl)cc1C(F)(F)F. The van der Waals surface area contributed by atoms with Gasteiger partial charge in [-0.15, -0.1) is 0 Å². The number of nitrogens with one attached hydrogen (secondary N) is 1. The standard InChI is InChI=1S/C23H18ClF4NO3S/c24-16-9-10-20(21(11-16)23(26,27)28)22(32-18-13-29-14-18,15-5-2-1-3-6-15)33(30,31)19-8-4-7-17(25)12-19/h1-12,18,29H,13-14H2. The van der Waals surface area contributed by atoms with Crippen molar-refractivity contribution >= 4 is 21.4 Å². The van der Waals surface area contributed by atoms with Crippen LogP contribution in [0, 0.1) is 5.82 Å². The molecule has 3 aromatic rings.